The predicted octanol–water partition coefficient (Wildman–Crippen LogP) is 4.68. The number of hydrogen-bond donors (Lipinski definition) is 1. The van der Waals surface area contributed by atoms with Crippen molar-refractivity contribution in [1.82, 2.24) is 14.8 Å². The van der Waals surface area contributed by atoms with Gasteiger partial charge in [-0.25, -0.2) is 0 Å². The van der Waals surface area contributed by atoms with Gasteiger partial charge in [-0.1, -0.05) is 60.1 Å². The van der Waals surface area contributed by atoms with Crippen LogP contribution in [0, 0.1) is 0 Å². The number of carbonyl (C=O) groups is 1. The van der Waals surface area contributed by atoms with Crippen LogP contribution in [0.25, 0.3) is 0 Å². The number of fused-ring (bicyclic) bond motifs is 1. The van der Waals surface area contributed by atoms with Gasteiger partial charge in [0, 0.05) is 36.0 Å². The van der Waals surface area contributed by atoms with Crippen LogP contribution in [0.4, 0.5) is 0 Å². The third kappa shape index (κ3) is 4.77. The van der Waals surface area contributed by atoms with Crippen molar-refractivity contribution in [2.75, 3.05) is 13.1 Å². The Labute approximate surface area is 183 Å². The molecule has 1 aromatic heterocycles. The van der Waals surface area contributed by atoms with E-state index >= 15 is 0 Å². The van der Waals surface area contributed by atoms with Crippen LogP contribution in [0.2, 0.25) is 5.02 Å². The first kappa shape index (κ1) is 20.7. The predicted molar refractivity (Wildman–Crippen MR) is 122 cm³/mol. The maximum Gasteiger partial charge on any atom is 0.234 e. The smallest absolute Gasteiger partial charge is 0.234 e. The third-order valence-corrected chi connectivity index (χ3v) is 6.15. The van der Waals surface area contributed by atoms with Crippen LogP contribution in [0.1, 0.15) is 36.2 Å². The number of hydrogen-bond acceptors (Lipinski definition) is 2. The lowest BCUT2D eigenvalue weighted by Crippen LogP contribution is -2.46. The van der Waals surface area contributed by atoms with Gasteiger partial charge in [-0.3, -0.25) is 9.69 Å². The van der Waals surface area contributed by atoms with Crippen molar-refractivity contribution in [1.29, 1.82) is 0 Å². The second kappa shape index (κ2) is 9.50. The van der Waals surface area contributed by atoms with Gasteiger partial charge < -0.3 is 9.88 Å². The third-order valence-electron chi connectivity index (χ3n) is 5.80. The summed E-state index contributed by atoms with van der Waals surface area (Å²) in [6.07, 6.45) is 3.98. The average molecular weight is 422 g/mol. The Hall–Kier alpha value is -2.56. The zero-order valence-corrected chi connectivity index (χ0v) is 18.1. The highest BCUT2D eigenvalue weighted by atomic mass is 35.5. The van der Waals surface area contributed by atoms with Gasteiger partial charge in [0.25, 0.3) is 0 Å². The second-order valence-electron chi connectivity index (χ2n) is 8.01. The number of rotatable bonds is 7. The maximum absolute atomic E-state index is 12.9. The van der Waals surface area contributed by atoms with E-state index < -0.39 is 0 Å². The lowest BCUT2D eigenvalue weighted by molar-refractivity contribution is -0.123. The van der Waals surface area contributed by atoms with E-state index in [1.165, 1.54) is 11.3 Å². The fourth-order valence-corrected chi connectivity index (χ4v) is 4.50. The van der Waals surface area contributed by atoms with E-state index in [1.807, 2.05) is 24.3 Å². The zero-order valence-electron chi connectivity index (χ0n) is 17.3. The molecule has 1 amide bonds. The summed E-state index contributed by atoms with van der Waals surface area (Å²) in [5.74, 6) is 0.0626. The van der Waals surface area contributed by atoms with Crippen LogP contribution < -0.4 is 5.32 Å². The Morgan fingerprint density at radius 3 is 2.63 bits per heavy atom. The number of aromatic nitrogens is 1. The minimum atomic E-state index is -0.0205. The van der Waals surface area contributed by atoms with E-state index in [1.54, 1.807) is 0 Å². The molecule has 0 bridgehead atoms. The Kier molecular flexibility index (Phi) is 6.56. The van der Waals surface area contributed by atoms with Crippen LogP contribution in [0.3, 0.4) is 0 Å². The normalized spacial score (nSPS) is 17.3. The molecule has 1 aliphatic heterocycles. The zero-order chi connectivity index (χ0) is 20.9. The monoisotopic (exact) mass is 421 g/mol. The van der Waals surface area contributed by atoms with E-state index in [9.17, 15) is 4.79 Å². The molecule has 0 fully saturated rings. The van der Waals surface area contributed by atoms with Gasteiger partial charge in [0.2, 0.25) is 5.91 Å². The highest BCUT2D eigenvalue weighted by Crippen LogP contribution is 2.35. The summed E-state index contributed by atoms with van der Waals surface area (Å²) in [4.78, 5) is 15.1. The van der Waals surface area contributed by atoms with Gasteiger partial charge in [0.1, 0.15) is 0 Å². The summed E-state index contributed by atoms with van der Waals surface area (Å²) >= 11 is 6.54. The summed E-state index contributed by atoms with van der Waals surface area (Å²) in [5, 5.41) is 3.92. The lowest BCUT2D eigenvalue weighted by Gasteiger charge is -2.37. The van der Waals surface area contributed by atoms with Crippen LogP contribution in [-0.4, -0.2) is 34.5 Å². The van der Waals surface area contributed by atoms with Gasteiger partial charge in [-0.05, 0) is 49.1 Å². The highest BCUT2D eigenvalue weighted by Gasteiger charge is 2.31. The summed E-state index contributed by atoms with van der Waals surface area (Å²) < 4.78 is 2.25. The Balaban J connectivity index is 1.42. The van der Waals surface area contributed by atoms with E-state index in [0.717, 1.165) is 36.5 Å². The van der Waals surface area contributed by atoms with Gasteiger partial charge in [0.15, 0.2) is 0 Å². The summed E-state index contributed by atoms with van der Waals surface area (Å²) in [6, 6.07) is 22.6. The van der Waals surface area contributed by atoms with Gasteiger partial charge >= 0.3 is 0 Å². The van der Waals surface area contributed by atoms with Crippen molar-refractivity contribution < 1.29 is 4.79 Å². The molecule has 0 saturated heterocycles. The first-order chi connectivity index (χ1) is 14.6. The Bertz CT molecular complexity index is 985. The van der Waals surface area contributed by atoms with Gasteiger partial charge in [-0.2, -0.15) is 0 Å². The molecule has 3 aromatic rings. The largest absolute Gasteiger partial charge is 0.353 e. The Morgan fingerprint density at radius 2 is 1.83 bits per heavy atom. The summed E-state index contributed by atoms with van der Waals surface area (Å²) in [6.45, 7) is 4.12. The standard InChI is InChI=1S/C25H28ClN3O/c1-19(13-14-20-8-3-2-4-9-20)27-24(30)18-29-17-16-28-15-7-12-23(28)25(29)21-10-5-6-11-22(21)26/h2-12,15,19,25H,13-14,16-18H2,1H3,(H,27,30). The molecule has 1 N–H and O–H groups in total. The van der Waals surface area contributed by atoms with Gasteiger partial charge in [0.05, 0.1) is 12.6 Å². The fourth-order valence-electron chi connectivity index (χ4n) is 4.26. The second-order valence-corrected chi connectivity index (χ2v) is 8.42. The molecule has 4 nitrogen and oxygen atoms in total. The number of carbonyl (C=O) groups excluding carboxylic acids is 1. The quantitative estimate of drug-likeness (QED) is 0.601. The van der Waals surface area contributed by atoms with Crippen LogP contribution in [0.5, 0.6) is 0 Å². The molecule has 4 rings (SSSR count). The molecule has 2 aromatic carbocycles. The molecule has 1 aliphatic rings. The lowest BCUT2D eigenvalue weighted by atomic mass is 9.99. The molecule has 0 saturated carbocycles. The minimum Gasteiger partial charge on any atom is -0.353 e. The number of nitrogens with zero attached hydrogens (tertiary/aromatic N) is 2. The van der Waals surface area contributed by atoms with Crippen molar-refractivity contribution in [3.05, 3.63) is 94.8 Å². The van der Waals surface area contributed by atoms with Crippen LogP contribution in [-0.2, 0) is 17.8 Å². The average Bonchev–Trinajstić information content (AvgIpc) is 3.22. The Morgan fingerprint density at radius 1 is 1.07 bits per heavy atom. The first-order valence-corrected chi connectivity index (χ1v) is 11.0. The first-order valence-electron chi connectivity index (χ1n) is 10.6. The highest BCUT2D eigenvalue weighted by molar-refractivity contribution is 6.31. The van der Waals surface area contributed by atoms with Crippen molar-refractivity contribution >= 4 is 17.5 Å². The maximum atomic E-state index is 12.9. The molecular weight excluding hydrogens is 394 g/mol. The van der Waals surface area contributed by atoms with Crippen molar-refractivity contribution in [2.45, 2.75) is 38.4 Å². The summed E-state index contributed by atoms with van der Waals surface area (Å²) in [5.41, 5.74) is 3.53. The molecule has 0 radical (unpaired) electrons. The number of benzene rings is 2. The molecular formula is C25H28ClN3O. The van der Waals surface area contributed by atoms with Crippen molar-refractivity contribution in [3.63, 3.8) is 0 Å². The number of halogens is 1. The molecule has 30 heavy (non-hydrogen) atoms. The number of aryl methyl sites for hydroxylation is 1. The van der Waals surface area contributed by atoms with Gasteiger partial charge in [-0.15, -0.1) is 0 Å². The topological polar surface area (TPSA) is 37.3 Å². The van der Waals surface area contributed by atoms with E-state index in [2.05, 4.69) is 70.4 Å². The molecule has 2 atom stereocenters. The number of nitrogens with one attached hydrogen (secondary N) is 1. The van der Waals surface area contributed by atoms with Crippen LogP contribution >= 0.6 is 11.6 Å². The van der Waals surface area contributed by atoms with E-state index in [-0.39, 0.29) is 18.0 Å². The molecule has 0 aliphatic carbocycles. The molecule has 2 heterocycles. The van der Waals surface area contributed by atoms with E-state index in [4.69, 9.17) is 11.6 Å². The summed E-state index contributed by atoms with van der Waals surface area (Å²) in [7, 11) is 0. The minimum absolute atomic E-state index is 0.0205. The number of amides is 1. The van der Waals surface area contributed by atoms with Crippen molar-refractivity contribution in [3.8, 4) is 0 Å². The van der Waals surface area contributed by atoms with E-state index in [0.29, 0.717) is 6.54 Å². The van der Waals surface area contributed by atoms with Crippen LogP contribution in [0.15, 0.2) is 72.9 Å². The molecule has 0 spiro atoms. The van der Waals surface area contributed by atoms with Crippen molar-refractivity contribution in [2.24, 2.45) is 0 Å². The fraction of sp³-hybridized carbons (Fsp3) is 0.320. The SMILES string of the molecule is CC(CCc1ccccc1)NC(=O)CN1CCn2cccc2C1c1ccccc1Cl. The molecule has 2 unspecified atom stereocenters. The molecule has 156 valence electrons. The molecule has 5 heteroatoms.